The van der Waals surface area contributed by atoms with E-state index in [0.717, 1.165) is 0 Å². The molecule has 0 aliphatic carbocycles. The predicted octanol–water partition coefficient (Wildman–Crippen LogP) is -6.24. The Balaban J connectivity index is -0.00000000533. The molecule has 4 nitrogen and oxygen atoms in total. The third-order valence-corrected chi connectivity index (χ3v) is 0. The first-order chi connectivity index (χ1) is 2.00. The van der Waals surface area contributed by atoms with Crippen LogP contribution < -0.4 is 29.6 Å². The maximum atomic E-state index is 8.52. The van der Waals surface area contributed by atoms with Crippen LogP contribution in [0.5, 0.6) is 0 Å². The van der Waals surface area contributed by atoms with Crippen molar-refractivity contribution in [3.05, 3.63) is 0 Å². The van der Waals surface area contributed by atoms with Crippen molar-refractivity contribution in [1.82, 2.24) is 0 Å². The molecule has 0 fully saturated rings. The minimum Gasteiger partial charge on any atom is -0.759 e. The summed E-state index contributed by atoms with van der Waals surface area (Å²) in [5.74, 6) is 0. The van der Waals surface area contributed by atoms with E-state index in [1.165, 1.54) is 0 Å². The first-order valence-corrected chi connectivity index (χ1v) is 2.00. The van der Waals surface area contributed by atoms with Crippen molar-refractivity contribution in [1.29, 1.82) is 0 Å². The fourth-order valence-corrected chi connectivity index (χ4v) is 0. The Hall–Kier alpha value is 7.17. The zero-order chi connectivity index (χ0) is 4.50. The standard InChI is InChI=1S/5Ca.Na.H2O4S/c;;;;;;1-5(2,3)4/h;;;;;;(H2,1,2,3,4)/q5*+2;+1;/p-2. The molecule has 0 saturated carbocycles. The van der Waals surface area contributed by atoms with Gasteiger partial charge in [-0.3, -0.25) is 8.42 Å². The van der Waals surface area contributed by atoms with Crippen molar-refractivity contribution >= 4 is 199 Å². The summed E-state index contributed by atoms with van der Waals surface area (Å²) in [6.45, 7) is 0. The number of rotatable bonds is 0. The second kappa shape index (κ2) is 25.9. The van der Waals surface area contributed by atoms with Crippen molar-refractivity contribution in [2.75, 3.05) is 0 Å². The quantitative estimate of drug-likeness (QED) is 0.253. The van der Waals surface area contributed by atoms with Gasteiger partial charge in [-0.15, -0.1) is 0 Å². The van der Waals surface area contributed by atoms with E-state index in [0.29, 0.717) is 0 Å². The van der Waals surface area contributed by atoms with Crippen LogP contribution in [0.2, 0.25) is 0 Å². The van der Waals surface area contributed by atoms with Crippen molar-refractivity contribution in [2.24, 2.45) is 0 Å². The first kappa shape index (κ1) is 42.9. The summed E-state index contributed by atoms with van der Waals surface area (Å²) in [6.07, 6.45) is 0. The Kier molecular flexibility index (Phi) is 101. The summed E-state index contributed by atoms with van der Waals surface area (Å²) in [5.41, 5.74) is 0. The third-order valence-electron chi connectivity index (χ3n) is 0. The number of hydrogen-bond acceptors (Lipinski definition) is 4. The van der Waals surface area contributed by atoms with E-state index in [-0.39, 0.29) is 218 Å². The predicted molar refractivity (Wildman–Crippen MR) is 39.2 cm³/mol. The van der Waals surface area contributed by atoms with Crippen molar-refractivity contribution in [3.8, 4) is 0 Å². The molecule has 0 aromatic heterocycles. The zero-order valence-electron chi connectivity index (χ0n) is 6.58. The van der Waals surface area contributed by atoms with E-state index >= 15 is 0 Å². The summed E-state index contributed by atoms with van der Waals surface area (Å²) in [7, 11) is -5.17. The topological polar surface area (TPSA) is 80.3 Å². The summed E-state index contributed by atoms with van der Waals surface area (Å²) in [4.78, 5) is 0. The zero-order valence-corrected chi connectivity index (χ0v) is 20.4. The Bertz CT molecular complexity index is 102. The average molecular weight is 319 g/mol. The van der Waals surface area contributed by atoms with Crippen LogP contribution in [0, 0.1) is 0 Å². The van der Waals surface area contributed by atoms with Gasteiger partial charge in [0.05, 0.1) is 0 Å². The number of hydrogen-bond donors (Lipinski definition) is 0. The van der Waals surface area contributed by atoms with Gasteiger partial charge in [0, 0.05) is 10.4 Å². The maximum absolute atomic E-state index is 8.52. The Morgan fingerprint density at radius 3 is 0.727 bits per heavy atom. The molecule has 0 aliphatic rings. The van der Waals surface area contributed by atoms with Gasteiger partial charge in [0.25, 0.3) is 0 Å². The smallest absolute Gasteiger partial charge is 0.759 e. The Morgan fingerprint density at radius 2 is 0.727 bits per heavy atom. The largest absolute Gasteiger partial charge is 2.00 e. The van der Waals surface area contributed by atoms with Gasteiger partial charge < -0.3 is 9.11 Å². The van der Waals surface area contributed by atoms with E-state index in [4.69, 9.17) is 17.5 Å². The molecule has 0 bridgehead atoms. The van der Waals surface area contributed by atoms with Crippen LogP contribution in [0.3, 0.4) is 0 Å². The molecule has 32 valence electrons. The van der Waals surface area contributed by atoms with E-state index in [1.54, 1.807) is 0 Å². The van der Waals surface area contributed by atoms with E-state index in [2.05, 4.69) is 0 Å². The van der Waals surface area contributed by atoms with Crippen molar-refractivity contribution in [2.45, 2.75) is 0 Å². The molecule has 0 aromatic rings. The molecule has 0 N–H and O–H groups in total. The molecule has 0 unspecified atom stereocenters. The minimum atomic E-state index is -5.17. The summed E-state index contributed by atoms with van der Waals surface area (Å²) in [5, 5.41) is 0. The Labute approximate surface area is 238 Å². The van der Waals surface area contributed by atoms with Crippen LogP contribution in [-0.4, -0.2) is 206 Å². The molecule has 0 saturated heterocycles. The fourth-order valence-electron chi connectivity index (χ4n) is 0. The molecule has 0 aliphatic heterocycles. The molecule has 0 atom stereocenters. The molecular weight excluding hydrogens is 319 g/mol. The van der Waals surface area contributed by atoms with Crippen molar-refractivity contribution < 1.29 is 47.1 Å². The maximum Gasteiger partial charge on any atom is 2.00 e. The second-order valence-electron chi connectivity index (χ2n) is 0.408. The van der Waals surface area contributed by atoms with Crippen LogP contribution in [0.25, 0.3) is 0 Å². The minimum absolute atomic E-state index is 0. The Morgan fingerprint density at radius 1 is 0.727 bits per heavy atom. The van der Waals surface area contributed by atoms with Crippen molar-refractivity contribution in [3.63, 3.8) is 0 Å². The molecule has 0 amide bonds. The monoisotopic (exact) mass is 319 g/mol. The average Bonchev–Trinajstić information content (AvgIpc) is 0.722. The van der Waals surface area contributed by atoms with Gasteiger partial charge in [0.15, 0.2) is 0 Å². The molecule has 0 rings (SSSR count). The molecule has 0 aromatic carbocycles. The molecule has 0 radical (unpaired) electrons. The van der Waals surface area contributed by atoms with Gasteiger partial charge in [0.1, 0.15) is 0 Å². The molecule has 0 spiro atoms. The normalized spacial score (nSPS) is 5.27. The van der Waals surface area contributed by atoms with E-state index < -0.39 is 10.4 Å². The van der Waals surface area contributed by atoms with Crippen LogP contribution in [0.1, 0.15) is 0 Å². The molecule has 11 heteroatoms. The van der Waals surface area contributed by atoms with Gasteiger partial charge in [-0.05, 0) is 0 Å². The fraction of sp³-hybridized carbons (Fsp3) is 0. The third kappa shape index (κ3) is 76.9. The first-order valence-electron chi connectivity index (χ1n) is 0.667. The SMILES string of the molecule is O=S(=O)([O-])[O-].[Ca+2].[Ca+2].[Ca+2].[Ca+2].[Ca+2].[Na+]. The van der Waals surface area contributed by atoms with Crippen LogP contribution in [0.4, 0.5) is 0 Å². The summed E-state index contributed by atoms with van der Waals surface area (Å²) < 4.78 is 34.1. The van der Waals surface area contributed by atoms with Gasteiger partial charge in [-0.1, -0.05) is 0 Å². The van der Waals surface area contributed by atoms with Crippen LogP contribution >= 0.6 is 0 Å². The molecular formula is Ca5NaO4S+9. The van der Waals surface area contributed by atoms with Crippen LogP contribution in [0.15, 0.2) is 0 Å². The molecule has 11 heavy (non-hydrogen) atoms. The molecule has 0 heterocycles. The summed E-state index contributed by atoms with van der Waals surface area (Å²) >= 11 is 0. The summed E-state index contributed by atoms with van der Waals surface area (Å²) in [6, 6.07) is 0. The second-order valence-corrected chi connectivity index (χ2v) is 1.22. The van der Waals surface area contributed by atoms with Crippen LogP contribution in [-0.2, 0) is 10.4 Å². The van der Waals surface area contributed by atoms with E-state index in [1.807, 2.05) is 0 Å². The van der Waals surface area contributed by atoms with E-state index in [9.17, 15) is 0 Å². The van der Waals surface area contributed by atoms with Gasteiger partial charge >= 0.3 is 218 Å². The van der Waals surface area contributed by atoms with Gasteiger partial charge in [-0.2, -0.15) is 0 Å². The van der Waals surface area contributed by atoms with Gasteiger partial charge in [-0.25, -0.2) is 0 Å². The van der Waals surface area contributed by atoms with Gasteiger partial charge in [0.2, 0.25) is 0 Å².